The number of anilines is 1. The largest absolute Gasteiger partial charge is 0.325 e. The number of nitrogens with zero attached hydrogens (tertiary/aromatic N) is 1. The van der Waals surface area contributed by atoms with Crippen LogP contribution in [-0.4, -0.2) is 30.4 Å². The summed E-state index contributed by atoms with van der Waals surface area (Å²) >= 11 is 11.8. The number of carbonyl (C=O) groups excluding carboxylic acids is 1. The lowest BCUT2D eigenvalue weighted by Crippen LogP contribution is -2.27. The van der Waals surface area contributed by atoms with Crippen molar-refractivity contribution in [2.24, 2.45) is 0 Å². The number of nitrogens with one attached hydrogen (secondary N) is 1. The summed E-state index contributed by atoms with van der Waals surface area (Å²) in [6, 6.07) is 5.02. The topological polar surface area (TPSA) is 32.3 Å². The van der Waals surface area contributed by atoms with E-state index in [-0.39, 0.29) is 5.91 Å². The molecule has 0 heterocycles. The maximum absolute atomic E-state index is 11.8. The van der Waals surface area contributed by atoms with E-state index in [1.165, 1.54) is 0 Å². The van der Waals surface area contributed by atoms with Gasteiger partial charge in [0.2, 0.25) is 5.91 Å². The van der Waals surface area contributed by atoms with E-state index in [4.69, 9.17) is 23.2 Å². The molecule has 0 aliphatic heterocycles. The van der Waals surface area contributed by atoms with E-state index < -0.39 is 0 Å². The predicted molar refractivity (Wildman–Crippen MR) is 77.5 cm³/mol. The molecule has 0 fully saturated rings. The van der Waals surface area contributed by atoms with E-state index in [0.29, 0.717) is 22.2 Å². The number of benzene rings is 1. The number of rotatable bonds is 6. The van der Waals surface area contributed by atoms with Gasteiger partial charge in [0, 0.05) is 18.0 Å². The average molecular weight is 289 g/mol. The van der Waals surface area contributed by atoms with Crippen molar-refractivity contribution in [3.05, 3.63) is 28.2 Å². The van der Waals surface area contributed by atoms with Crippen molar-refractivity contribution in [3.8, 4) is 0 Å². The van der Waals surface area contributed by atoms with Crippen molar-refractivity contribution in [1.82, 2.24) is 4.90 Å². The van der Waals surface area contributed by atoms with Crippen LogP contribution in [0.5, 0.6) is 0 Å². The van der Waals surface area contributed by atoms with Crippen LogP contribution in [0.25, 0.3) is 0 Å². The fraction of sp³-hybridized carbons (Fsp3) is 0.462. The SMILES string of the molecule is CCN(CC)CCC(=O)Nc1ccc(Cl)cc1Cl. The molecule has 0 bridgehead atoms. The summed E-state index contributed by atoms with van der Waals surface area (Å²) in [5.41, 5.74) is 0.602. The van der Waals surface area contributed by atoms with E-state index in [1.807, 2.05) is 0 Å². The van der Waals surface area contributed by atoms with E-state index in [0.717, 1.165) is 19.6 Å². The standard InChI is InChI=1S/C13H18Cl2N2O/c1-3-17(4-2)8-7-13(18)16-12-6-5-10(14)9-11(12)15/h5-6,9H,3-4,7-8H2,1-2H3,(H,16,18). The lowest BCUT2D eigenvalue weighted by molar-refractivity contribution is -0.116. The molecule has 0 radical (unpaired) electrons. The lowest BCUT2D eigenvalue weighted by Gasteiger charge is -2.17. The Morgan fingerprint density at radius 1 is 1.28 bits per heavy atom. The Labute approximate surface area is 118 Å². The highest BCUT2D eigenvalue weighted by molar-refractivity contribution is 6.36. The Bertz CT molecular complexity index is 406. The van der Waals surface area contributed by atoms with Crippen LogP contribution in [0.2, 0.25) is 10.0 Å². The quantitative estimate of drug-likeness (QED) is 0.866. The van der Waals surface area contributed by atoms with Crippen LogP contribution < -0.4 is 5.32 Å². The predicted octanol–water partition coefficient (Wildman–Crippen LogP) is 3.66. The van der Waals surface area contributed by atoms with Crippen LogP contribution >= 0.6 is 23.2 Å². The third-order valence-corrected chi connectivity index (χ3v) is 3.30. The molecule has 18 heavy (non-hydrogen) atoms. The van der Waals surface area contributed by atoms with Gasteiger partial charge in [0.1, 0.15) is 0 Å². The maximum Gasteiger partial charge on any atom is 0.225 e. The van der Waals surface area contributed by atoms with Crippen LogP contribution in [-0.2, 0) is 4.79 Å². The smallest absolute Gasteiger partial charge is 0.225 e. The molecule has 1 rings (SSSR count). The monoisotopic (exact) mass is 288 g/mol. The van der Waals surface area contributed by atoms with Gasteiger partial charge in [0.15, 0.2) is 0 Å². The Morgan fingerprint density at radius 3 is 2.50 bits per heavy atom. The summed E-state index contributed by atoms with van der Waals surface area (Å²) in [6.07, 6.45) is 0.459. The Balaban J connectivity index is 2.49. The molecule has 0 aliphatic carbocycles. The minimum absolute atomic E-state index is 0.0360. The zero-order chi connectivity index (χ0) is 13.5. The molecular formula is C13H18Cl2N2O. The molecule has 0 aromatic heterocycles. The number of hydrogen-bond donors (Lipinski definition) is 1. The Morgan fingerprint density at radius 2 is 1.94 bits per heavy atom. The van der Waals surface area contributed by atoms with Crippen molar-refractivity contribution in [3.63, 3.8) is 0 Å². The fourth-order valence-electron chi connectivity index (χ4n) is 1.60. The summed E-state index contributed by atoms with van der Waals surface area (Å²) in [4.78, 5) is 14.0. The van der Waals surface area contributed by atoms with Crippen LogP contribution in [0.15, 0.2) is 18.2 Å². The van der Waals surface area contributed by atoms with E-state index in [9.17, 15) is 4.79 Å². The number of carbonyl (C=O) groups is 1. The van der Waals surface area contributed by atoms with Crippen molar-refractivity contribution in [1.29, 1.82) is 0 Å². The second-order valence-electron chi connectivity index (χ2n) is 3.95. The zero-order valence-corrected chi connectivity index (χ0v) is 12.2. The number of amides is 1. The first-order valence-electron chi connectivity index (χ1n) is 6.04. The Kier molecular flexibility index (Phi) is 6.47. The second-order valence-corrected chi connectivity index (χ2v) is 4.79. The minimum atomic E-state index is -0.0360. The number of halogens is 2. The molecule has 0 atom stereocenters. The average Bonchev–Trinajstić information content (AvgIpc) is 2.34. The summed E-state index contributed by atoms with van der Waals surface area (Å²) < 4.78 is 0. The van der Waals surface area contributed by atoms with Crippen molar-refractivity contribution in [2.75, 3.05) is 25.0 Å². The lowest BCUT2D eigenvalue weighted by atomic mass is 10.3. The molecule has 1 aromatic rings. The summed E-state index contributed by atoms with van der Waals surface area (Å²) in [6.45, 7) is 6.82. The van der Waals surface area contributed by atoms with E-state index >= 15 is 0 Å². The Hall–Kier alpha value is -0.770. The van der Waals surface area contributed by atoms with Crippen LogP contribution in [0, 0.1) is 0 Å². The zero-order valence-electron chi connectivity index (χ0n) is 10.7. The molecular weight excluding hydrogens is 271 g/mol. The van der Waals surface area contributed by atoms with Gasteiger partial charge in [-0.25, -0.2) is 0 Å². The van der Waals surface area contributed by atoms with Gasteiger partial charge in [-0.1, -0.05) is 37.0 Å². The van der Waals surface area contributed by atoms with Gasteiger partial charge in [0.05, 0.1) is 10.7 Å². The molecule has 0 saturated carbocycles. The molecule has 1 amide bonds. The summed E-state index contributed by atoms with van der Waals surface area (Å²) in [5.74, 6) is -0.0360. The minimum Gasteiger partial charge on any atom is -0.325 e. The molecule has 0 aliphatic rings. The van der Waals surface area contributed by atoms with Gasteiger partial charge in [-0.05, 0) is 31.3 Å². The van der Waals surface area contributed by atoms with Gasteiger partial charge in [-0.15, -0.1) is 0 Å². The van der Waals surface area contributed by atoms with E-state index in [2.05, 4.69) is 24.1 Å². The highest BCUT2D eigenvalue weighted by atomic mass is 35.5. The first-order chi connectivity index (χ1) is 8.56. The molecule has 100 valence electrons. The van der Waals surface area contributed by atoms with Gasteiger partial charge < -0.3 is 10.2 Å². The van der Waals surface area contributed by atoms with Gasteiger partial charge >= 0.3 is 0 Å². The molecule has 0 unspecified atom stereocenters. The van der Waals surface area contributed by atoms with Gasteiger partial charge in [-0.3, -0.25) is 4.79 Å². The molecule has 0 spiro atoms. The third-order valence-electron chi connectivity index (χ3n) is 2.75. The van der Waals surface area contributed by atoms with Crippen molar-refractivity contribution >= 4 is 34.8 Å². The molecule has 1 aromatic carbocycles. The first kappa shape index (κ1) is 15.3. The number of hydrogen-bond acceptors (Lipinski definition) is 2. The molecule has 5 heteroatoms. The highest BCUT2D eigenvalue weighted by Gasteiger charge is 2.08. The van der Waals surface area contributed by atoms with Crippen molar-refractivity contribution < 1.29 is 4.79 Å². The highest BCUT2D eigenvalue weighted by Crippen LogP contribution is 2.25. The van der Waals surface area contributed by atoms with Crippen molar-refractivity contribution in [2.45, 2.75) is 20.3 Å². The fourth-order valence-corrected chi connectivity index (χ4v) is 2.06. The van der Waals surface area contributed by atoms with Crippen LogP contribution in [0.4, 0.5) is 5.69 Å². The summed E-state index contributed by atoms with van der Waals surface area (Å²) in [5, 5.41) is 3.80. The normalized spacial score (nSPS) is 10.7. The maximum atomic E-state index is 11.8. The van der Waals surface area contributed by atoms with Gasteiger partial charge in [-0.2, -0.15) is 0 Å². The van der Waals surface area contributed by atoms with E-state index in [1.54, 1.807) is 18.2 Å². The first-order valence-corrected chi connectivity index (χ1v) is 6.79. The second kappa shape index (κ2) is 7.62. The van der Waals surface area contributed by atoms with Crippen LogP contribution in [0.3, 0.4) is 0 Å². The summed E-state index contributed by atoms with van der Waals surface area (Å²) in [7, 11) is 0. The van der Waals surface area contributed by atoms with Gasteiger partial charge in [0.25, 0.3) is 0 Å². The van der Waals surface area contributed by atoms with Crippen LogP contribution in [0.1, 0.15) is 20.3 Å². The third kappa shape index (κ3) is 4.84. The molecule has 1 N–H and O–H groups in total. The molecule has 3 nitrogen and oxygen atoms in total. The molecule has 0 saturated heterocycles.